The van der Waals surface area contributed by atoms with Gasteiger partial charge >= 0.3 is 0 Å². The van der Waals surface area contributed by atoms with Crippen LogP contribution in [0.4, 0.5) is 0 Å². The van der Waals surface area contributed by atoms with Gasteiger partial charge in [-0.05, 0) is 23.5 Å². The van der Waals surface area contributed by atoms with Gasteiger partial charge in [0.05, 0.1) is 4.08 Å². The fourth-order valence-electron chi connectivity index (χ4n) is 2.13. The summed E-state index contributed by atoms with van der Waals surface area (Å²) in [6, 6.07) is 11.0. The van der Waals surface area contributed by atoms with Crippen molar-refractivity contribution in [3.8, 4) is 0 Å². The standard InChI is InChI=1S/C13H18S2/c1-3-14-13(15-4-2)10-12(13)11-8-6-5-7-9-11/h5-9,12H,3-4,10H2,1-2H3. The summed E-state index contributed by atoms with van der Waals surface area (Å²) in [5.41, 5.74) is 1.53. The molecule has 1 aliphatic carbocycles. The molecule has 0 aromatic heterocycles. The lowest BCUT2D eigenvalue weighted by molar-refractivity contribution is 1.11. The smallest absolute Gasteiger partial charge is 0.0686 e. The molecule has 1 atom stereocenters. The van der Waals surface area contributed by atoms with Crippen molar-refractivity contribution in [3.63, 3.8) is 0 Å². The first-order valence-electron chi connectivity index (χ1n) is 5.65. The zero-order valence-electron chi connectivity index (χ0n) is 9.40. The minimum absolute atomic E-state index is 0.505. The predicted octanol–water partition coefficient (Wildman–Crippen LogP) is 4.38. The van der Waals surface area contributed by atoms with Gasteiger partial charge in [0.15, 0.2) is 0 Å². The molecule has 0 radical (unpaired) electrons. The van der Waals surface area contributed by atoms with Gasteiger partial charge in [-0.2, -0.15) is 0 Å². The van der Waals surface area contributed by atoms with E-state index in [0.29, 0.717) is 4.08 Å². The Bertz CT molecular complexity index is 302. The Balaban J connectivity index is 2.08. The molecule has 1 aromatic carbocycles. The van der Waals surface area contributed by atoms with E-state index in [1.165, 1.54) is 23.5 Å². The molecule has 2 heteroatoms. The van der Waals surface area contributed by atoms with Gasteiger partial charge in [-0.3, -0.25) is 0 Å². The molecule has 1 aromatic rings. The van der Waals surface area contributed by atoms with E-state index in [-0.39, 0.29) is 0 Å². The van der Waals surface area contributed by atoms with Gasteiger partial charge in [0.2, 0.25) is 0 Å². The molecule has 82 valence electrons. The van der Waals surface area contributed by atoms with Crippen molar-refractivity contribution in [3.05, 3.63) is 35.9 Å². The molecular weight excluding hydrogens is 220 g/mol. The van der Waals surface area contributed by atoms with Gasteiger partial charge in [-0.1, -0.05) is 44.2 Å². The van der Waals surface area contributed by atoms with Crippen LogP contribution in [-0.4, -0.2) is 15.6 Å². The molecule has 0 bridgehead atoms. The molecule has 1 unspecified atom stereocenters. The second kappa shape index (κ2) is 4.84. The monoisotopic (exact) mass is 238 g/mol. The zero-order chi connectivity index (χ0) is 10.7. The predicted molar refractivity (Wildman–Crippen MR) is 72.8 cm³/mol. The topological polar surface area (TPSA) is 0 Å². The van der Waals surface area contributed by atoms with Crippen molar-refractivity contribution >= 4 is 23.5 Å². The first-order chi connectivity index (χ1) is 7.32. The average molecular weight is 238 g/mol. The van der Waals surface area contributed by atoms with Gasteiger partial charge in [0.1, 0.15) is 0 Å². The van der Waals surface area contributed by atoms with E-state index in [2.05, 4.69) is 67.7 Å². The molecule has 0 aliphatic heterocycles. The minimum atomic E-state index is 0.505. The van der Waals surface area contributed by atoms with E-state index >= 15 is 0 Å². The molecule has 1 aliphatic rings. The number of thioether (sulfide) groups is 2. The molecule has 1 fully saturated rings. The van der Waals surface area contributed by atoms with Crippen molar-refractivity contribution < 1.29 is 0 Å². The van der Waals surface area contributed by atoms with Crippen LogP contribution < -0.4 is 0 Å². The van der Waals surface area contributed by atoms with Gasteiger partial charge < -0.3 is 0 Å². The lowest BCUT2D eigenvalue weighted by atomic mass is 10.1. The Morgan fingerprint density at radius 3 is 2.27 bits per heavy atom. The zero-order valence-corrected chi connectivity index (χ0v) is 11.0. The SMILES string of the molecule is CCSC1(SCC)CC1c1ccccc1. The van der Waals surface area contributed by atoms with Crippen LogP contribution in [0.2, 0.25) is 0 Å². The number of hydrogen-bond donors (Lipinski definition) is 0. The Hall–Kier alpha value is -0.0800. The van der Waals surface area contributed by atoms with Crippen LogP contribution in [-0.2, 0) is 0 Å². The van der Waals surface area contributed by atoms with Crippen LogP contribution in [0.15, 0.2) is 30.3 Å². The van der Waals surface area contributed by atoms with Crippen LogP contribution in [0.3, 0.4) is 0 Å². The molecule has 0 N–H and O–H groups in total. The number of rotatable bonds is 5. The van der Waals surface area contributed by atoms with Crippen LogP contribution in [0.25, 0.3) is 0 Å². The number of benzene rings is 1. The summed E-state index contributed by atoms with van der Waals surface area (Å²) in [7, 11) is 0. The van der Waals surface area contributed by atoms with Crippen molar-refractivity contribution in [2.75, 3.05) is 11.5 Å². The third-order valence-corrected chi connectivity index (χ3v) is 6.00. The molecule has 2 rings (SSSR count). The summed E-state index contributed by atoms with van der Waals surface area (Å²) < 4.78 is 0.505. The molecule has 0 nitrogen and oxygen atoms in total. The van der Waals surface area contributed by atoms with E-state index in [4.69, 9.17) is 0 Å². The molecule has 0 saturated heterocycles. The third kappa shape index (κ3) is 2.36. The average Bonchev–Trinajstić information content (AvgIpc) is 2.95. The summed E-state index contributed by atoms with van der Waals surface area (Å²) in [5.74, 6) is 3.25. The van der Waals surface area contributed by atoms with Gasteiger partial charge in [0, 0.05) is 5.92 Å². The van der Waals surface area contributed by atoms with Crippen molar-refractivity contribution in [1.82, 2.24) is 0 Å². The van der Waals surface area contributed by atoms with E-state index in [9.17, 15) is 0 Å². The summed E-state index contributed by atoms with van der Waals surface area (Å²) in [4.78, 5) is 0. The Kier molecular flexibility index (Phi) is 3.68. The maximum Gasteiger partial charge on any atom is 0.0686 e. The molecule has 0 spiro atoms. The maximum atomic E-state index is 2.28. The maximum absolute atomic E-state index is 2.28. The van der Waals surface area contributed by atoms with E-state index in [0.717, 1.165) is 5.92 Å². The molecule has 0 amide bonds. The Labute approximate surface area is 101 Å². The Morgan fingerprint density at radius 1 is 1.13 bits per heavy atom. The summed E-state index contributed by atoms with van der Waals surface area (Å²) in [6.07, 6.45) is 1.36. The molecule has 1 saturated carbocycles. The highest BCUT2D eigenvalue weighted by Crippen LogP contribution is 2.66. The van der Waals surface area contributed by atoms with Crippen molar-refractivity contribution in [2.45, 2.75) is 30.3 Å². The van der Waals surface area contributed by atoms with Gasteiger partial charge in [0.25, 0.3) is 0 Å². The van der Waals surface area contributed by atoms with E-state index in [1.807, 2.05) is 0 Å². The van der Waals surface area contributed by atoms with Gasteiger partial charge in [-0.25, -0.2) is 0 Å². The highest BCUT2D eigenvalue weighted by atomic mass is 32.2. The Morgan fingerprint density at radius 2 is 1.73 bits per heavy atom. The van der Waals surface area contributed by atoms with Gasteiger partial charge in [-0.15, -0.1) is 23.5 Å². The third-order valence-electron chi connectivity index (χ3n) is 2.84. The van der Waals surface area contributed by atoms with Crippen LogP contribution >= 0.6 is 23.5 Å². The van der Waals surface area contributed by atoms with Crippen molar-refractivity contribution in [1.29, 1.82) is 0 Å². The number of hydrogen-bond acceptors (Lipinski definition) is 2. The minimum Gasteiger partial charge on any atom is -0.144 e. The quantitative estimate of drug-likeness (QED) is 0.698. The summed E-state index contributed by atoms with van der Waals surface area (Å²) in [6.45, 7) is 4.53. The van der Waals surface area contributed by atoms with Crippen LogP contribution in [0.1, 0.15) is 31.7 Å². The second-order valence-corrected chi connectivity index (χ2v) is 7.29. The summed E-state index contributed by atoms with van der Waals surface area (Å²) >= 11 is 4.27. The largest absolute Gasteiger partial charge is 0.144 e. The molecular formula is C13H18S2. The molecule has 0 heterocycles. The highest BCUT2D eigenvalue weighted by Gasteiger charge is 2.54. The van der Waals surface area contributed by atoms with Crippen LogP contribution in [0, 0.1) is 0 Å². The lowest BCUT2D eigenvalue weighted by Gasteiger charge is -2.14. The lowest BCUT2D eigenvalue weighted by Crippen LogP contribution is -2.01. The first-order valence-corrected chi connectivity index (χ1v) is 7.62. The van der Waals surface area contributed by atoms with E-state index < -0.39 is 0 Å². The van der Waals surface area contributed by atoms with E-state index in [1.54, 1.807) is 0 Å². The van der Waals surface area contributed by atoms with Crippen molar-refractivity contribution in [2.24, 2.45) is 0 Å². The van der Waals surface area contributed by atoms with Crippen LogP contribution in [0.5, 0.6) is 0 Å². The second-order valence-electron chi connectivity index (χ2n) is 3.85. The highest BCUT2D eigenvalue weighted by molar-refractivity contribution is 8.18. The first kappa shape index (κ1) is 11.4. The molecule has 15 heavy (non-hydrogen) atoms. The summed E-state index contributed by atoms with van der Waals surface area (Å²) in [5, 5.41) is 0. The fourth-order valence-corrected chi connectivity index (χ4v) is 5.39. The normalized spacial score (nSPS) is 22.7. The fraction of sp³-hybridized carbons (Fsp3) is 0.538.